The third kappa shape index (κ3) is 3.63. The zero-order chi connectivity index (χ0) is 10.8. The van der Waals surface area contributed by atoms with Gasteiger partial charge in [-0.15, -0.1) is 12.4 Å². The van der Waals surface area contributed by atoms with E-state index in [1.165, 1.54) is 5.69 Å². The van der Waals surface area contributed by atoms with Gasteiger partial charge in [0, 0.05) is 18.3 Å². The van der Waals surface area contributed by atoms with Crippen molar-refractivity contribution in [1.29, 1.82) is 0 Å². The van der Waals surface area contributed by atoms with Gasteiger partial charge in [0.25, 0.3) is 0 Å². The van der Waals surface area contributed by atoms with E-state index in [9.17, 15) is 0 Å². The largest absolute Gasteiger partial charge is 0.497 e. The molecule has 0 N–H and O–H groups in total. The van der Waals surface area contributed by atoms with Crippen LogP contribution in [0.5, 0.6) is 5.75 Å². The highest BCUT2D eigenvalue weighted by molar-refractivity contribution is 5.85. The number of methoxy groups -OCH3 is 1. The van der Waals surface area contributed by atoms with Crippen molar-refractivity contribution in [2.24, 2.45) is 0 Å². The second kappa shape index (κ2) is 5.26. The standard InChI is InChI=1S/C12H19NO.ClH/c1-12(2,3)13(4)10-6-8-11(14-5)9-7-10;/h6-9H,1-5H3;1H. The van der Waals surface area contributed by atoms with Crippen LogP contribution in [0.25, 0.3) is 0 Å². The van der Waals surface area contributed by atoms with Gasteiger partial charge in [0.2, 0.25) is 0 Å². The first-order valence-corrected chi connectivity index (χ1v) is 4.83. The Morgan fingerprint density at radius 3 is 1.87 bits per heavy atom. The Morgan fingerprint density at radius 1 is 1.07 bits per heavy atom. The summed E-state index contributed by atoms with van der Waals surface area (Å²) in [6.45, 7) is 6.58. The maximum Gasteiger partial charge on any atom is 0.119 e. The fourth-order valence-corrected chi connectivity index (χ4v) is 1.19. The van der Waals surface area contributed by atoms with Crippen LogP contribution < -0.4 is 9.64 Å². The lowest BCUT2D eigenvalue weighted by Crippen LogP contribution is -2.37. The van der Waals surface area contributed by atoms with E-state index in [1.54, 1.807) is 7.11 Å². The average Bonchev–Trinajstić information content (AvgIpc) is 2.15. The number of halogens is 1. The highest BCUT2D eigenvalue weighted by atomic mass is 35.5. The molecule has 0 aliphatic heterocycles. The molecular formula is C12H20ClNO. The predicted octanol–water partition coefficient (Wildman–Crippen LogP) is 3.35. The SMILES string of the molecule is COc1ccc(N(C)C(C)(C)C)cc1.Cl. The molecule has 0 spiro atoms. The number of hydrogen-bond donors (Lipinski definition) is 0. The molecule has 1 aromatic carbocycles. The van der Waals surface area contributed by atoms with Crippen molar-refractivity contribution < 1.29 is 4.74 Å². The van der Waals surface area contributed by atoms with Gasteiger partial charge < -0.3 is 9.64 Å². The van der Waals surface area contributed by atoms with E-state index in [-0.39, 0.29) is 17.9 Å². The molecule has 0 atom stereocenters. The lowest BCUT2D eigenvalue weighted by atomic mass is 10.1. The molecule has 0 amide bonds. The summed E-state index contributed by atoms with van der Waals surface area (Å²) < 4.78 is 5.12. The quantitative estimate of drug-likeness (QED) is 0.771. The van der Waals surface area contributed by atoms with Gasteiger partial charge in [0.15, 0.2) is 0 Å². The fraction of sp³-hybridized carbons (Fsp3) is 0.500. The fourth-order valence-electron chi connectivity index (χ4n) is 1.19. The van der Waals surface area contributed by atoms with Crippen LogP contribution in [0.2, 0.25) is 0 Å². The monoisotopic (exact) mass is 229 g/mol. The van der Waals surface area contributed by atoms with Crippen molar-refractivity contribution in [2.45, 2.75) is 26.3 Å². The predicted molar refractivity (Wildman–Crippen MR) is 68.4 cm³/mol. The van der Waals surface area contributed by atoms with Crippen LogP contribution in [-0.2, 0) is 0 Å². The Morgan fingerprint density at radius 2 is 1.53 bits per heavy atom. The number of hydrogen-bond acceptors (Lipinski definition) is 2. The lowest BCUT2D eigenvalue weighted by molar-refractivity contribution is 0.414. The smallest absolute Gasteiger partial charge is 0.119 e. The molecule has 0 aliphatic rings. The molecule has 0 saturated heterocycles. The summed E-state index contributed by atoms with van der Waals surface area (Å²) in [6, 6.07) is 8.11. The van der Waals surface area contributed by atoms with E-state index in [1.807, 2.05) is 12.1 Å². The van der Waals surface area contributed by atoms with Crippen LogP contribution in [0.4, 0.5) is 5.69 Å². The molecular weight excluding hydrogens is 210 g/mol. The molecule has 0 heterocycles. The highest BCUT2D eigenvalue weighted by Crippen LogP contribution is 2.23. The van der Waals surface area contributed by atoms with Crippen molar-refractivity contribution in [1.82, 2.24) is 0 Å². The third-order valence-corrected chi connectivity index (χ3v) is 2.47. The zero-order valence-electron chi connectivity index (χ0n) is 10.1. The van der Waals surface area contributed by atoms with Gasteiger partial charge in [-0.3, -0.25) is 0 Å². The summed E-state index contributed by atoms with van der Waals surface area (Å²) in [4.78, 5) is 2.24. The molecule has 1 aromatic rings. The highest BCUT2D eigenvalue weighted by Gasteiger charge is 2.16. The minimum absolute atomic E-state index is 0. The van der Waals surface area contributed by atoms with Gasteiger partial charge in [-0.25, -0.2) is 0 Å². The number of nitrogens with zero attached hydrogens (tertiary/aromatic N) is 1. The van der Waals surface area contributed by atoms with Crippen molar-refractivity contribution >= 4 is 18.1 Å². The molecule has 0 radical (unpaired) electrons. The van der Waals surface area contributed by atoms with Crippen molar-refractivity contribution in [2.75, 3.05) is 19.1 Å². The molecule has 2 nitrogen and oxygen atoms in total. The van der Waals surface area contributed by atoms with Crippen molar-refractivity contribution in [3.8, 4) is 5.75 Å². The van der Waals surface area contributed by atoms with Gasteiger partial charge in [-0.2, -0.15) is 0 Å². The molecule has 0 unspecified atom stereocenters. The number of ether oxygens (including phenoxy) is 1. The van der Waals surface area contributed by atoms with E-state index in [2.05, 4.69) is 44.9 Å². The normalized spacial score (nSPS) is 10.5. The van der Waals surface area contributed by atoms with E-state index >= 15 is 0 Å². The van der Waals surface area contributed by atoms with Crippen molar-refractivity contribution in [3.63, 3.8) is 0 Å². The number of anilines is 1. The average molecular weight is 230 g/mol. The van der Waals surface area contributed by atoms with Gasteiger partial charge >= 0.3 is 0 Å². The molecule has 3 heteroatoms. The Balaban J connectivity index is 0.00000196. The molecule has 15 heavy (non-hydrogen) atoms. The van der Waals surface area contributed by atoms with Crippen LogP contribution in [0.3, 0.4) is 0 Å². The van der Waals surface area contributed by atoms with Gasteiger partial charge in [-0.1, -0.05) is 0 Å². The van der Waals surface area contributed by atoms with Gasteiger partial charge in [-0.05, 0) is 45.0 Å². The molecule has 0 fully saturated rings. The summed E-state index contributed by atoms with van der Waals surface area (Å²) in [7, 11) is 3.78. The maximum atomic E-state index is 5.12. The zero-order valence-corrected chi connectivity index (χ0v) is 10.9. The van der Waals surface area contributed by atoms with Crippen LogP contribution in [0.1, 0.15) is 20.8 Å². The minimum atomic E-state index is 0. The summed E-state index contributed by atoms with van der Waals surface area (Å²) in [6.07, 6.45) is 0. The van der Waals surface area contributed by atoms with Crippen molar-refractivity contribution in [3.05, 3.63) is 24.3 Å². The molecule has 0 bridgehead atoms. The lowest BCUT2D eigenvalue weighted by Gasteiger charge is -2.34. The Labute approximate surface area is 98.6 Å². The molecule has 0 saturated carbocycles. The molecule has 0 aliphatic carbocycles. The van der Waals surface area contributed by atoms with E-state index < -0.39 is 0 Å². The Hall–Kier alpha value is -0.890. The van der Waals surface area contributed by atoms with Gasteiger partial charge in [0.05, 0.1) is 7.11 Å². The third-order valence-electron chi connectivity index (χ3n) is 2.47. The second-order valence-corrected chi connectivity index (χ2v) is 4.43. The summed E-state index contributed by atoms with van der Waals surface area (Å²) in [5.74, 6) is 0.899. The first-order chi connectivity index (χ1) is 6.45. The van der Waals surface area contributed by atoms with Crippen LogP contribution >= 0.6 is 12.4 Å². The summed E-state index contributed by atoms with van der Waals surface area (Å²) in [5, 5.41) is 0. The number of benzene rings is 1. The van der Waals surface area contributed by atoms with E-state index in [0.717, 1.165) is 5.75 Å². The van der Waals surface area contributed by atoms with Crippen LogP contribution in [0, 0.1) is 0 Å². The minimum Gasteiger partial charge on any atom is -0.497 e. The van der Waals surface area contributed by atoms with Gasteiger partial charge in [0.1, 0.15) is 5.75 Å². The Bertz CT molecular complexity index is 289. The topological polar surface area (TPSA) is 12.5 Å². The molecule has 86 valence electrons. The molecule has 0 aromatic heterocycles. The maximum absolute atomic E-state index is 5.12. The van der Waals surface area contributed by atoms with Crippen LogP contribution in [-0.4, -0.2) is 19.7 Å². The first kappa shape index (κ1) is 14.1. The Kier molecular flexibility index (Phi) is 4.95. The summed E-state index contributed by atoms with van der Waals surface area (Å²) in [5.41, 5.74) is 1.35. The number of rotatable bonds is 2. The molecule has 1 rings (SSSR count). The first-order valence-electron chi connectivity index (χ1n) is 4.83. The van der Waals surface area contributed by atoms with E-state index in [4.69, 9.17) is 4.74 Å². The second-order valence-electron chi connectivity index (χ2n) is 4.43. The van der Waals surface area contributed by atoms with Crippen LogP contribution in [0.15, 0.2) is 24.3 Å². The summed E-state index contributed by atoms with van der Waals surface area (Å²) >= 11 is 0. The van der Waals surface area contributed by atoms with E-state index in [0.29, 0.717) is 0 Å².